The number of fused-ring (bicyclic) bond motifs is 1. The van der Waals surface area contributed by atoms with E-state index in [2.05, 4.69) is 5.10 Å². The zero-order valence-electron chi connectivity index (χ0n) is 5.89. The zero-order chi connectivity index (χ0) is 7.14. The number of hydrogen-bond donors (Lipinski definition) is 0. The first-order valence-electron chi connectivity index (χ1n) is 3.49. The molecular formula is C7H9ClN2. The summed E-state index contributed by atoms with van der Waals surface area (Å²) in [5.41, 5.74) is 2.47. The van der Waals surface area contributed by atoms with Gasteiger partial charge in [-0.1, -0.05) is 11.6 Å². The van der Waals surface area contributed by atoms with Gasteiger partial charge in [0.15, 0.2) is 0 Å². The highest BCUT2D eigenvalue weighted by atomic mass is 35.5. The second kappa shape index (κ2) is 1.99. The van der Waals surface area contributed by atoms with E-state index in [4.69, 9.17) is 11.6 Å². The van der Waals surface area contributed by atoms with Crippen LogP contribution in [0.3, 0.4) is 0 Å². The fourth-order valence-corrected chi connectivity index (χ4v) is 1.72. The van der Waals surface area contributed by atoms with Crippen LogP contribution in [0.5, 0.6) is 0 Å². The number of hydrogen-bond acceptors (Lipinski definition) is 1. The van der Waals surface area contributed by atoms with Crippen LogP contribution in [0.2, 0.25) is 5.15 Å². The van der Waals surface area contributed by atoms with Crippen molar-refractivity contribution in [1.29, 1.82) is 0 Å². The van der Waals surface area contributed by atoms with Gasteiger partial charge in [-0.15, -0.1) is 0 Å². The van der Waals surface area contributed by atoms with Crippen molar-refractivity contribution in [2.45, 2.75) is 19.3 Å². The summed E-state index contributed by atoms with van der Waals surface area (Å²) < 4.78 is 1.76. The Hall–Kier alpha value is -0.500. The Morgan fingerprint density at radius 1 is 1.50 bits per heavy atom. The van der Waals surface area contributed by atoms with E-state index in [-0.39, 0.29) is 0 Å². The molecule has 0 amide bonds. The summed E-state index contributed by atoms with van der Waals surface area (Å²) in [7, 11) is 1.89. The van der Waals surface area contributed by atoms with Crippen molar-refractivity contribution in [2.75, 3.05) is 0 Å². The maximum Gasteiger partial charge on any atom is 0.130 e. The molecule has 0 bridgehead atoms. The van der Waals surface area contributed by atoms with Gasteiger partial charge >= 0.3 is 0 Å². The zero-order valence-corrected chi connectivity index (χ0v) is 6.65. The van der Waals surface area contributed by atoms with Gasteiger partial charge in [0.25, 0.3) is 0 Å². The molecule has 1 aromatic rings. The maximum absolute atomic E-state index is 5.95. The predicted octanol–water partition coefficient (Wildman–Crippen LogP) is 1.56. The molecule has 0 atom stereocenters. The van der Waals surface area contributed by atoms with Crippen LogP contribution < -0.4 is 0 Å². The lowest BCUT2D eigenvalue weighted by Gasteiger charge is -1.92. The van der Waals surface area contributed by atoms with Gasteiger partial charge < -0.3 is 0 Å². The lowest BCUT2D eigenvalue weighted by Crippen LogP contribution is -1.92. The van der Waals surface area contributed by atoms with Gasteiger partial charge in [-0.3, -0.25) is 4.68 Å². The summed E-state index contributed by atoms with van der Waals surface area (Å²) in [5, 5.41) is 5.10. The summed E-state index contributed by atoms with van der Waals surface area (Å²) in [6.07, 6.45) is 3.44. The number of rotatable bonds is 0. The van der Waals surface area contributed by atoms with Crippen LogP contribution >= 0.6 is 11.6 Å². The van der Waals surface area contributed by atoms with Gasteiger partial charge in [-0.25, -0.2) is 0 Å². The lowest BCUT2D eigenvalue weighted by atomic mass is 10.3. The Kier molecular flexibility index (Phi) is 1.24. The smallest absolute Gasteiger partial charge is 0.130 e. The first-order valence-corrected chi connectivity index (χ1v) is 3.87. The van der Waals surface area contributed by atoms with Crippen LogP contribution in [0.15, 0.2) is 0 Å². The standard InChI is InChI=1S/C7H9ClN2/c1-10-7(8)5-3-2-4-6(5)9-10/h2-4H2,1H3. The van der Waals surface area contributed by atoms with Crippen LogP contribution in [-0.4, -0.2) is 9.78 Å². The quantitative estimate of drug-likeness (QED) is 0.558. The van der Waals surface area contributed by atoms with Crippen molar-refractivity contribution in [3.8, 4) is 0 Å². The number of halogens is 1. The predicted molar refractivity (Wildman–Crippen MR) is 40.2 cm³/mol. The van der Waals surface area contributed by atoms with Gasteiger partial charge in [-0.2, -0.15) is 5.10 Å². The second-order valence-electron chi connectivity index (χ2n) is 2.69. The minimum Gasteiger partial charge on any atom is -0.257 e. The molecule has 54 valence electrons. The monoisotopic (exact) mass is 156 g/mol. The fraction of sp³-hybridized carbons (Fsp3) is 0.571. The molecule has 0 aromatic carbocycles. The van der Waals surface area contributed by atoms with E-state index in [0.29, 0.717) is 0 Å². The van der Waals surface area contributed by atoms with Crippen molar-refractivity contribution >= 4 is 11.6 Å². The molecule has 2 rings (SSSR count). The highest BCUT2D eigenvalue weighted by Gasteiger charge is 2.18. The topological polar surface area (TPSA) is 17.8 Å². The highest BCUT2D eigenvalue weighted by Crippen LogP contribution is 2.27. The van der Waals surface area contributed by atoms with Crippen LogP contribution in [0.4, 0.5) is 0 Å². The molecule has 1 heterocycles. The third kappa shape index (κ3) is 0.686. The molecule has 0 aliphatic heterocycles. The molecule has 0 spiro atoms. The Balaban J connectivity index is 2.59. The maximum atomic E-state index is 5.95. The molecule has 0 unspecified atom stereocenters. The van der Waals surface area contributed by atoms with Crippen LogP contribution in [-0.2, 0) is 19.9 Å². The molecule has 1 aliphatic rings. The third-order valence-corrected chi connectivity index (χ3v) is 2.47. The number of nitrogens with zero attached hydrogens (tertiary/aromatic N) is 2. The van der Waals surface area contributed by atoms with Gasteiger partial charge in [-0.05, 0) is 19.3 Å². The first kappa shape index (κ1) is 6.23. The molecule has 0 radical (unpaired) electrons. The lowest BCUT2D eigenvalue weighted by molar-refractivity contribution is 0.728. The average Bonchev–Trinajstić information content (AvgIpc) is 2.41. The van der Waals surface area contributed by atoms with Gasteiger partial charge in [0.05, 0.1) is 5.69 Å². The molecule has 0 saturated carbocycles. The van der Waals surface area contributed by atoms with E-state index >= 15 is 0 Å². The Bertz CT molecular complexity index is 265. The molecule has 0 fully saturated rings. The van der Waals surface area contributed by atoms with E-state index in [9.17, 15) is 0 Å². The molecule has 3 heteroatoms. The van der Waals surface area contributed by atoms with Gasteiger partial charge in [0.2, 0.25) is 0 Å². The molecule has 10 heavy (non-hydrogen) atoms. The fourth-order valence-electron chi connectivity index (χ4n) is 1.48. The molecule has 2 nitrogen and oxygen atoms in total. The molecule has 1 aliphatic carbocycles. The van der Waals surface area contributed by atoms with Crippen molar-refractivity contribution < 1.29 is 0 Å². The van der Waals surface area contributed by atoms with E-state index in [1.165, 1.54) is 17.7 Å². The van der Waals surface area contributed by atoms with Crippen molar-refractivity contribution in [1.82, 2.24) is 9.78 Å². The Morgan fingerprint density at radius 3 is 3.00 bits per heavy atom. The molecular weight excluding hydrogens is 148 g/mol. The summed E-state index contributed by atoms with van der Waals surface area (Å²) in [6, 6.07) is 0. The number of aryl methyl sites for hydroxylation is 2. The third-order valence-electron chi connectivity index (χ3n) is 1.99. The van der Waals surface area contributed by atoms with Crippen molar-refractivity contribution in [3.63, 3.8) is 0 Å². The Morgan fingerprint density at radius 2 is 2.30 bits per heavy atom. The van der Waals surface area contributed by atoms with E-state index < -0.39 is 0 Å². The summed E-state index contributed by atoms with van der Waals surface area (Å²) in [6.45, 7) is 0. The highest BCUT2D eigenvalue weighted by molar-refractivity contribution is 6.30. The largest absolute Gasteiger partial charge is 0.257 e. The van der Waals surface area contributed by atoms with Crippen molar-refractivity contribution in [3.05, 3.63) is 16.4 Å². The number of aromatic nitrogens is 2. The SMILES string of the molecule is Cn1nc2c(c1Cl)CCC2. The van der Waals surface area contributed by atoms with E-state index in [0.717, 1.165) is 18.0 Å². The van der Waals surface area contributed by atoms with Gasteiger partial charge in [0.1, 0.15) is 5.15 Å². The molecule has 0 N–H and O–H groups in total. The average molecular weight is 157 g/mol. The normalized spacial score (nSPS) is 15.8. The van der Waals surface area contributed by atoms with Gasteiger partial charge in [0, 0.05) is 12.6 Å². The minimum absolute atomic E-state index is 0.826. The summed E-state index contributed by atoms with van der Waals surface area (Å²) in [5.74, 6) is 0. The molecule has 0 saturated heterocycles. The summed E-state index contributed by atoms with van der Waals surface area (Å²) in [4.78, 5) is 0. The van der Waals surface area contributed by atoms with E-state index in [1.54, 1.807) is 4.68 Å². The van der Waals surface area contributed by atoms with Crippen molar-refractivity contribution in [2.24, 2.45) is 7.05 Å². The molecule has 1 aromatic heterocycles. The second-order valence-corrected chi connectivity index (χ2v) is 3.05. The first-order chi connectivity index (χ1) is 4.79. The summed E-state index contributed by atoms with van der Waals surface area (Å²) >= 11 is 5.95. The van der Waals surface area contributed by atoms with Crippen LogP contribution in [0.1, 0.15) is 17.7 Å². The van der Waals surface area contributed by atoms with Crippen LogP contribution in [0, 0.1) is 0 Å². The Labute approximate surface area is 64.8 Å². The minimum atomic E-state index is 0.826. The van der Waals surface area contributed by atoms with E-state index in [1.807, 2.05) is 7.05 Å². The van der Waals surface area contributed by atoms with Crippen LogP contribution in [0.25, 0.3) is 0 Å².